The van der Waals surface area contributed by atoms with Gasteiger partial charge in [-0.3, -0.25) is 4.79 Å². The van der Waals surface area contributed by atoms with Crippen molar-refractivity contribution in [3.63, 3.8) is 0 Å². The molecule has 0 aliphatic carbocycles. The fraction of sp³-hybridized carbons (Fsp3) is 0.444. The Balaban J connectivity index is 1.63. The number of fused-ring (bicyclic) bond motifs is 1. The van der Waals surface area contributed by atoms with E-state index in [4.69, 9.17) is 0 Å². The molecule has 6 heteroatoms. The second-order valence-corrected chi connectivity index (χ2v) is 6.49. The lowest BCUT2D eigenvalue weighted by atomic mass is 10.1. The molecule has 1 unspecified atom stereocenters. The molecule has 6 nitrogen and oxygen atoms in total. The van der Waals surface area contributed by atoms with Crippen molar-refractivity contribution >= 4 is 22.6 Å². The molecule has 2 heterocycles. The fourth-order valence-corrected chi connectivity index (χ4v) is 3.25. The molecule has 3 N–H and O–H groups in total. The standard InChI is InChI=1S/C18H24N4O2/c1-12-9-14-10-15(3-4-16(14)22(2)17(12)23)21-18(24)20-8-6-13-5-7-19-11-13/h3-4,9-10,13,19H,5-8,11H2,1-2H3,(H2,20,21,24). The van der Waals surface area contributed by atoms with Crippen LogP contribution in [0.25, 0.3) is 10.9 Å². The number of carbonyl (C=O) groups excluding carboxylic acids is 1. The number of rotatable bonds is 4. The number of aryl methyl sites for hydroxylation is 2. The van der Waals surface area contributed by atoms with Gasteiger partial charge in [0.05, 0.1) is 5.52 Å². The Bertz CT molecular complexity index is 807. The predicted octanol–water partition coefficient (Wildman–Crippen LogP) is 1.97. The summed E-state index contributed by atoms with van der Waals surface area (Å²) in [4.78, 5) is 24.0. The van der Waals surface area contributed by atoms with Crippen molar-refractivity contribution in [1.82, 2.24) is 15.2 Å². The summed E-state index contributed by atoms with van der Waals surface area (Å²) in [5.41, 5.74) is 2.27. The zero-order valence-corrected chi connectivity index (χ0v) is 14.2. The molecule has 1 aliphatic heterocycles. The largest absolute Gasteiger partial charge is 0.338 e. The maximum atomic E-state index is 12.0. The molecular formula is C18H24N4O2. The van der Waals surface area contributed by atoms with Crippen LogP contribution in [0.1, 0.15) is 18.4 Å². The summed E-state index contributed by atoms with van der Waals surface area (Å²) in [5, 5.41) is 10.0. The summed E-state index contributed by atoms with van der Waals surface area (Å²) >= 11 is 0. The molecular weight excluding hydrogens is 304 g/mol. The molecule has 1 aromatic heterocycles. The first-order chi connectivity index (χ1) is 11.5. The van der Waals surface area contributed by atoms with Crippen LogP contribution in [0.2, 0.25) is 0 Å². The van der Waals surface area contributed by atoms with E-state index in [1.54, 1.807) is 18.5 Å². The van der Waals surface area contributed by atoms with E-state index in [1.807, 2.05) is 24.3 Å². The maximum absolute atomic E-state index is 12.0. The molecule has 0 spiro atoms. The van der Waals surface area contributed by atoms with Crippen LogP contribution >= 0.6 is 0 Å². The normalized spacial score (nSPS) is 17.2. The first kappa shape index (κ1) is 16.5. The minimum atomic E-state index is -0.193. The number of benzene rings is 1. The van der Waals surface area contributed by atoms with Gasteiger partial charge in [0.15, 0.2) is 0 Å². The minimum Gasteiger partial charge on any atom is -0.338 e. The summed E-state index contributed by atoms with van der Waals surface area (Å²) in [7, 11) is 1.76. The Hall–Kier alpha value is -2.34. The first-order valence-corrected chi connectivity index (χ1v) is 8.40. The van der Waals surface area contributed by atoms with Crippen LogP contribution in [0, 0.1) is 12.8 Å². The van der Waals surface area contributed by atoms with Crippen LogP contribution in [0.4, 0.5) is 10.5 Å². The van der Waals surface area contributed by atoms with Gasteiger partial charge in [0.25, 0.3) is 5.56 Å². The van der Waals surface area contributed by atoms with Crippen LogP contribution in [0.15, 0.2) is 29.1 Å². The second kappa shape index (κ2) is 7.05. The molecule has 1 atom stereocenters. The Morgan fingerprint density at radius 2 is 2.21 bits per heavy atom. The van der Waals surface area contributed by atoms with Crippen molar-refractivity contribution in [3.8, 4) is 0 Å². The van der Waals surface area contributed by atoms with Gasteiger partial charge in [-0.05, 0) is 63.0 Å². The third-order valence-electron chi connectivity index (χ3n) is 4.66. The number of nitrogens with one attached hydrogen (secondary N) is 3. The number of hydrogen-bond acceptors (Lipinski definition) is 3. The van der Waals surface area contributed by atoms with Gasteiger partial charge in [-0.15, -0.1) is 0 Å². The molecule has 1 aromatic carbocycles. The van der Waals surface area contributed by atoms with Gasteiger partial charge in [-0.25, -0.2) is 4.79 Å². The van der Waals surface area contributed by atoms with E-state index in [0.29, 0.717) is 18.0 Å². The Morgan fingerprint density at radius 3 is 2.96 bits per heavy atom. The van der Waals surface area contributed by atoms with Crippen molar-refractivity contribution in [2.75, 3.05) is 25.0 Å². The first-order valence-electron chi connectivity index (χ1n) is 8.40. The summed E-state index contributed by atoms with van der Waals surface area (Å²) in [6, 6.07) is 7.23. The summed E-state index contributed by atoms with van der Waals surface area (Å²) in [6.45, 7) is 4.60. The molecule has 0 saturated carbocycles. The van der Waals surface area contributed by atoms with Crippen molar-refractivity contribution in [2.45, 2.75) is 19.8 Å². The molecule has 24 heavy (non-hydrogen) atoms. The van der Waals surface area contributed by atoms with Crippen LogP contribution in [-0.4, -0.2) is 30.2 Å². The SMILES string of the molecule is Cc1cc2cc(NC(=O)NCCC3CCNC3)ccc2n(C)c1=O. The number of aromatic nitrogens is 1. The highest BCUT2D eigenvalue weighted by Crippen LogP contribution is 2.18. The van der Waals surface area contributed by atoms with E-state index in [1.165, 1.54) is 6.42 Å². The Morgan fingerprint density at radius 1 is 1.38 bits per heavy atom. The smallest absolute Gasteiger partial charge is 0.319 e. The number of urea groups is 1. The monoisotopic (exact) mass is 328 g/mol. The lowest BCUT2D eigenvalue weighted by Crippen LogP contribution is -2.30. The second-order valence-electron chi connectivity index (χ2n) is 6.49. The van der Waals surface area contributed by atoms with Crippen molar-refractivity contribution in [2.24, 2.45) is 13.0 Å². The summed E-state index contributed by atoms with van der Waals surface area (Å²) in [6.07, 6.45) is 2.19. The highest BCUT2D eigenvalue weighted by molar-refractivity contribution is 5.92. The van der Waals surface area contributed by atoms with Gasteiger partial charge in [0, 0.05) is 30.2 Å². The van der Waals surface area contributed by atoms with Gasteiger partial charge >= 0.3 is 6.03 Å². The Kier molecular flexibility index (Phi) is 4.85. The summed E-state index contributed by atoms with van der Waals surface area (Å²) < 4.78 is 1.63. The van der Waals surface area contributed by atoms with Crippen LogP contribution in [-0.2, 0) is 7.05 Å². The van der Waals surface area contributed by atoms with Crippen molar-refractivity contribution < 1.29 is 4.79 Å². The zero-order valence-electron chi connectivity index (χ0n) is 14.2. The maximum Gasteiger partial charge on any atom is 0.319 e. The van der Waals surface area contributed by atoms with Gasteiger partial charge in [0.1, 0.15) is 0 Å². The van der Waals surface area contributed by atoms with E-state index in [-0.39, 0.29) is 11.6 Å². The Labute approximate surface area is 141 Å². The van der Waals surface area contributed by atoms with Gasteiger partial charge in [0.2, 0.25) is 0 Å². The topological polar surface area (TPSA) is 75.2 Å². The zero-order chi connectivity index (χ0) is 17.1. The average Bonchev–Trinajstić information content (AvgIpc) is 3.06. The third-order valence-corrected chi connectivity index (χ3v) is 4.66. The molecule has 1 saturated heterocycles. The van der Waals surface area contributed by atoms with Crippen molar-refractivity contribution in [1.29, 1.82) is 0 Å². The molecule has 128 valence electrons. The van der Waals surface area contributed by atoms with E-state index in [0.717, 1.165) is 36.1 Å². The molecule has 1 fully saturated rings. The lowest BCUT2D eigenvalue weighted by Gasteiger charge is -2.12. The highest BCUT2D eigenvalue weighted by atomic mass is 16.2. The fourth-order valence-electron chi connectivity index (χ4n) is 3.25. The molecule has 2 amide bonds. The molecule has 1 aliphatic rings. The number of nitrogens with zero attached hydrogens (tertiary/aromatic N) is 1. The number of amides is 2. The number of carbonyl (C=O) groups is 1. The lowest BCUT2D eigenvalue weighted by molar-refractivity contribution is 0.251. The quantitative estimate of drug-likeness (QED) is 0.803. The van der Waals surface area contributed by atoms with Crippen molar-refractivity contribution in [3.05, 3.63) is 40.2 Å². The van der Waals surface area contributed by atoms with Gasteiger partial charge in [-0.1, -0.05) is 0 Å². The minimum absolute atomic E-state index is 0.00218. The number of hydrogen-bond donors (Lipinski definition) is 3. The van der Waals surface area contributed by atoms with Gasteiger partial charge in [-0.2, -0.15) is 0 Å². The number of pyridine rings is 1. The summed E-state index contributed by atoms with van der Waals surface area (Å²) in [5.74, 6) is 0.662. The van der Waals surface area contributed by atoms with E-state index in [9.17, 15) is 9.59 Å². The molecule has 2 aromatic rings. The third kappa shape index (κ3) is 3.59. The highest BCUT2D eigenvalue weighted by Gasteiger charge is 2.14. The van der Waals surface area contributed by atoms with Crippen LogP contribution < -0.4 is 21.5 Å². The van der Waals surface area contributed by atoms with Gasteiger partial charge < -0.3 is 20.5 Å². The average molecular weight is 328 g/mol. The van der Waals surface area contributed by atoms with E-state index < -0.39 is 0 Å². The molecule has 0 radical (unpaired) electrons. The van der Waals surface area contributed by atoms with Crippen LogP contribution in [0.5, 0.6) is 0 Å². The van der Waals surface area contributed by atoms with E-state index in [2.05, 4.69) is 16.0 Å². The predicted molar refractivity (Wildman–Crippen MR) is 96.5 cm³/mol. The van der Waals surface area contributed by atoms with Crippen LogP contribution in [0.3, 0.4) is 0 Å². The van der Waals surface area contributed by atoms with E-state index >= 15 is 0 Å². The molecule has 0 bridgehead atoms. The number of anilines is 1. The molecule has 3 rings (SSSR count).